The minimum atomic E-state index is -0.128. The second-order valence-electron chi connectivity index (χ2n) is 5.86. The molecule has 3 N–H and O–H groups in total. The first kappa shape index (κ1) is 16.6. The van der Waals surface area contributed by atoms with Gasteiger partial charge in [0, 0.05) is 15.5 Å². The van der Waals surface area contributed by atoms with Crippen molar-refractivity contribution in [2.45, 2.75) is 38.6 Å². The van der Waals surface area contributed by atoms with Crippen LogP contribution in [0, 0.1) is 0 Å². The van der Waals surface area contributed by atoms with Gasteiger partial charge in [0.2, 0.25) is 0 Å². The summed E-state index contributed by atoms with van der Waals surface area (Å²) in [7, 11) is 0. The second kappa shape index (κ2) is 6.58. The highest BCUT2D eigenvalue weighted by Crippen LogP contribution is 2.34. The molecule has 0 radical (unpaired) electrons. The highest BCUT2D eigenvalue weighted by Gasteiger charge is 2.27. The minimum absolute atomic E-state index is 0.0955. The van der Waals surface area contributed by atoms with Crippen molar-refractivity contribution in [2.75, 3.05) is 0 Å². The fraction of sp³-hybridized carbons (Fsp3) is 0.429. The molecule has 1 atom stereocenters. The first-order chi connectivity index (χ1) is 9.84. The predicted molar refractivity (Wildman–Crippen MR) is 88.8 cm³/mol. The molecule has 0 spiro atoms. The lowest BCUT2D eigenvalue weighted by Crippen LogP contribution is -2.31. The Balaban J connectivity index is 2.36. The molecule has 1 aromatic carbocycles. The SMILES string of the molecule is CC(C)(C)c1nnsc1C(Cc1c(Cl)cccc1Cl)NN. The van der Waals surface area contributed by atoms with Gasteiger partial charge in [-0.3, -0.25) is 11.3 Å². The van der Waals surface area contributed by atoms with Gasteiger partial charge in [0.15, 0.2) is 0 Å². The molecule has 0 fully saturated rings. The van der Waals surface area contributed by atoms with Crippen LogP contribution in [0.25, 0.3) is 0 Å². The summed E-state index contributed by atoms with van der Waals surface area (Å²) in [4.78, 5) is 1.01. The number of hydrazine groups is 1. The molecule has 0 aliphatic rings. The van der Waals surface area contributed by atoms with Crippen molar-refractivity contribution < 1.29 is 0 Å². The highest BCUT2D eigenvalue weighted by molar-refractivity contribution is 7.05. The molecule has 0 aliphatic heterocycles. The van der Waals surface area contributed by atoms with E-state index in [1.807, 2.05) is 18.2 Å². The van der Waals surface area contributed by atoms with Crippen LogP contribution in [0.3, 0.4) is 0 Å². The lowest BCUT2D eigenvalue weighted by molar-refractivity contribution is 0.515. The molecular weight excluding hydrogens is 327 g/mol. The number of nitrogens with two attached hydrogens (primary N) is 1. The third kappa shape index (κ3) is 3.73. The van der Waals surface area contributed by atoms with Gasteiger partial charge in [-0.05, 0) is 35.6 Å². The maximum absolute atomic E-state index is 6.24. The van der Waals surface area contributed by atoms with E-state index >= 15 is 0 Å². The number of hydrogen-bond donors (Lipinski definition) is 2. The van der Waals surface area contributed by atoms with Crippen LogP contribution >= 0.6 is 34.7 Å². The largest absolute Gasteiger partial charge is 0.271 e. The van der Waals surface area contributed by atoms with Gasteiger partial charge in [0.25, 0.3) is 0 Å². The molecule has 7 heteroatoms. The topological polar surface area (TPSA) is 63.8 Å². The Morgan fingerprint density at radius 2 is 1.90 bits per heavy atom. The summed E-state index contributed by atoms with van der Waals surface area (Å²) >= 11 is 13.8. The lowest BCUT2D eigenvalue weighted by atomic mass is 9.89. The molecule has 0 amide bonds. The number of benzene rings is 1. The quantitative estimate of drug-likeness (QED) is 0.652. The number of nitrogens with zero attached hydrogens (tertiary/aromatic N) is 2. The monoisotopic (exact) mass is 344 g/mol. The van der Waals surface area contributed by atoms with E-state index in [1.165, 1.54) is 11.5 Å². The van der Waals surface area contributed by atoms with E-state index in [4.69, 9.17) is 29.0 Å². The summed E-state index contributed by atoms with van der Waals surface area (Å²) < 4.78 is 4.07. The van der Waals surface area contributed by atoms with E-state index < -0.39 is 0 Å². The first-order valence-electron chi connectivity index (χ1n) is 6.56. The van der Waals surface area contributed by atoms with Gasteiger partial charge in [-0.15, -0.1) is 5.10 Å². The summed E-state index contributed by atoms with van der Waals surface area (Å²) in [5, 5.41) is 5.52. The van der Waals surface area contributed by atoms with Gasteiger partial charge in [0.05, 0.1) is 16.6 Å². The number of rotatable bonds is 4. The average Bonchev–Trinajstić information content (AvgIpc) is 2.87. The van der Waals surface area contributed by atoms with Crippen LogP contribution in [-0.4, -0.2) is 9.59 Å². The van der Waals surface area contributed by atoms with Crippen LogP contribution in [0.1, 0.15) is 42.9 Å². The maximum atomic E-state index is 6.24. The molecule has 0 bridgehead atoms. The van der Waals surface area contributed by atoms with E-state index in [2.05, 4.69) is 35.8 Å². The van der Waals surface area contributed by atoms with E-state index in [1.54, 1.807) is 0 Å². The Hall–Kier alpha value is -0.720. The van der Waals surface area contributed by atoms with Crippen LogP contribution in [0.4, 0.5) is 0 Å². The zero-order chi connectivity index (χ0) is 15.6. The van der Waals surface area contributed by atoms with Crippen molar-refractivity contribution in [3.8, 4) is 0 Å². The van der Waals surface area contributed by atoms with Crippen LogP contribution in [0.5, 0.6) is 0 Å². The van der Waals surface area contributed by atoms with Crippen molar-refractivity contribution in [2.24, 2.45) is 5.84 Å². The van der Waals surface area contributed by atoms with Gasteiger partial charge < -0.3 is 0 Å². The first-order valence-corrected chi connectivity index (χ1v) is 8.09. The standard InChI is InChI=1S/C14H18Cl2N4S/c1-14(2,3)13-12(21-20-19-13)11(18-17)7-8-9(15)5-4-6-10(8)16/h4-6,11,18H,7,17H2,1-3H3. The fourth-order valence-electron chi connectivity index (χ4n) is 2.10. The second-order valence-corrected chi connectivity index (χ2v) is 7.46. The third-order valence-electron chi connectivity index (χ3n) is 3.21. The van der Waals surface area contributed by atoms with Gasteiger partial charge in [0.1, 0.15) is 0 Å². The van der Waals surface area contributed by atoms with Crippen molar-refractivity contribution in [1.82, 2.24) is 15.0 Å². The smallest absolute Gasteiger partial charge is 0.0857 e. The van der Waals surface area contributed by atoms with Gasteiger partial charge >= 0.3 is 0 Å². The van der Waals surface area contributed by atoms with Crippen LogP contribution in [0.15, 0.2) is 18.2 Å². The van der Waals surface area contributed by atoms with Gasteiger partial charge in [-0.25, -0.2) is 0 Å². The molecule has 2 aromatic rings. The van der Waals surface area contributed by atoms with E-state index in [0.29, 0.717) is 16.5 Å². The number of hydrogen-bond acceptors (Lipinski definition) is 5. The molecule has 21 heavy (non-hydrogen) atoms. The van der Waals surface area contributed by atoms with Gasteiger partial charge in [-0.2, -0.15) is 0 Å². The van der Waals surface area contributed by atoms with Crippen molar-refractivity contribution >= 4 is 34.7 Å². The Kier molecular flexibility index (Phi) is 5.22. The third-order valence-corrected chi connectivity index (χ3v) is 4.76. The van der Waals surface area contributed by atoms with Crippen molar-refractivity contribution in [1.29, 1.82) is 0 Å². The zero-order valence-corrected chi connectivity index (χ0v) is 14.5. The number of halogens is 2. The molecule has 114 valence electrons. The minimum Gasteiger partial charge on any atom is -0.271 e. The lowest BCUT2D eigenvalue weighted by Gasteiger charge is -2.22. The van der Waals surface area contributed by atoms with Crippen LogP contribution < -0.4 is 11.3 Å². The molecule has 0 saturated heterocycles. The Morgan fingerprint density at radius 3 is 2.43 bits per heavy atom. The van der Waals surface area contributed by atoms with Crippen LogP contribution in [0.2, 0.25) is 10.0 Å². The number of aromatic nitrogens is 2. The molecule has 0 aliphatic carbocycles. The molecule has 1 unspecified atom stereocenters. The van der Waals surface area contributed by atoms with Crippen LogP contribution in [-0.2, 0) is 11.8 Å². The van der Waals surface area contributed by atoms with E-state index in [0.717, 1.165) is 16.1 Å². The van der Waals surface area contributed by atoms with Crippen molar-refractivity contribution in [3.63, 3.8) is 0 Å². The molecule has 0 saturated carbocycles. The highest BCUT2D eigenvalue weighted by atomic mass is 35.5. The van der Waals surface area contributed by atoms with E-state index in [9.17, 15) is 0 Å². The maximum Gasteiger partial charge on any atom is 0.0857 e. The normalized spacial score (nSPS) is 13.4. The zero-order valence-electron chi connectivity index (χ0n) is 12.2. The summed E-state index contributed by atoms with van der Waals surface area (Å²) in [6.45, 7) is 6.30. The van der Waals surface area contributed by atoms with Gasteiger partial charge in [-0.1, -0.05) is 54.5 Å². The fourth-order valence-corrected chi connectivity index (χ4v) is 3.58. The Labute approximate surface area is 138 Å². The summed E-state index contributed by atoms with van der Waals surface area (Å²) in [5.74, 6) is 5.74. The molecule has 4 nitrogen and oxygen atoms in total. The van der Waals surface area contributed by atoms with E-state index in [-0.39, 0.29) is 11.5 Å². The molecular formula is C14H18Cl2N4S. The summed E-state index contributed by atoms with van der Waals surface area (Å²) in [6, 6.07) is 5.35. The molecule has 1 aromatic heterocycles. The predicted octanol–water partition coefficient (Wildman–Crippen LogP) is 3.89. The van der Waals surface area contributed by atoms with Crippen molar-refractivity contribution in [3.05, 3.63) is 44.4 Å². The average molecular weight is 345 g/mol. The Morgan fingerprint density at radius 1 is 1.29 bits per heavy atom. The number of nitrogens with one attached hydrogen (secondary N) is 1. The summed E-state index contributed by atoms with van der Waals surface area (Å²) in [6.07, 6.45) is 0.585. The summed E-state index contributed by atoms with van der Waals surface area (Å²) in [5.41, 5.74) is 4.55. The Bertz CT molecular complexity index is 601. The molecule has 2 rings (SSSR count). The molecule has 1 heterocycles.